The lowest BCUT2D eigenvalue weighted by molar-refractivity contribution is 0.151. The Morgan fingerprint density at radius 1 is 1.32 bits per heavy atom. The molecule has 3 heterocycles. The van der Waals surface area contributed by atoms with Crippen LogP contribution in [0.15, 0.2) is 47.6 Å². The molecule has 25 heavy (non-hydrogen) atoms. The highest BCUT2D eigenvalue weighted by Crippen LogP contribution is 2.22. The molecule has 1 saturated heterocycles. The van der Waals surface area contributed by atoms with Gasteiger partial charge in [0, 0.05) is 25.2 Å². The molecule has 3 aromatic rings. The number of piperidine rings is 1. The van der Waals surface area contributed by atoms with Gasteiger partial charge in [-0.25, -0.2) is 14.4 Å². The first-order chi connectivity index (χ1) is 12.3. The number of halogens is 1. The fraction of sp³-hybridized carbons (Fsp3) is 0.389. The SMILES string of the molecule is Fc1cccc(-c2nc(CN3CCC[C@@H](Cn4cncn4)C3)co2)c1. The van der Waals surface area contributed by atoms with Crippen molar-refractivity contribution >= 4 is 0 Å². The standard InChI is InChI=1S/C18H20FN5O/c19-16-5-1-4-15(7-16)18-22-17(11-25-18)10-23-6-2-3-14(8-23)9-24-13-20-12-21-24/h1,4-5,7,11-14H,2-3,6,8-10H2/t14-/m1/s1. The average Bonchev–Trinajstić information content (AvgIpc) is 3.27. The molecule has 0 radical (unpaired) electrons. The van der Waals surface area contributed by atoms with Crippen molar-refractivity contribution in [3.63, 3.8) is 0 Å². The molecule has 7 heteroatoms. The summed E-state index contributed by atoms with van der Waals surface area (Å²) in [4.78, 5) is 10.9. The number of nitrogens with zero attached hydrogens (tertiary/aromatic N) is 5. The second kappa shape index (κ2) is 7.14. The Hall–Kier alpha value is -2.54. The molecule has 130 valence electrons. The van der Waals surface area contributed by atoms with E-state index in [1.807, 2.05) is 4.68 Å². The Balaban J connectivity index is 1.38. The van der Waals surface area contributed by atoms with Gasteiger partial charge in [-0.1, -0.05) is 6.07 Å². The highest BCUT2D eigenvalue weighted by molar-refractivity contribution is 5.52. The lowest BCUT2D eigenvalue weighted by Crippen LogP contribution is -2.36. The number of hydrogen-bond donors (Lipinski definition) is 0. The smallest absolute Gasteiger partial charge is 0.226 e. The fourth-order valence-corrected chi connectivity index (χ4v) is 3.40. The van der Waals surface area contributed by atoms with Crippen LogP contribution in [0.5, 0.6) is 0 Å². The number of rotatable bonds is 5. The quantitative estimate of drug-likeness (QED) is 0.714. The molecular weight excluding hydrogens is 321 g/mol. The van der Waals surface area contributed by atoms with Crippen molar-refractivity contribution in [3.05, 3.63) is 54.7 Å². The van der Waals surface area contributed by atoms with Gasteiger partial charge in [0.2, 0.25) is 5.89 Å². The summed E-state index contributed by atoms with van der Waals surface area (Å²) in [5, 5.41) is 4.19. The zero-order valence-corrected chi connectivity index (χ0v) is 13.9. The monoisotopic (exact) mass is 341 g/mol. The van der Waals surface area contributed by atoms with E-state index < -0.39 is 0 Å². The Bertz CT molecular complexity index is 817. The molecule has 0 N–H and O–H groups in total. The molecule has 0 saturated carbocycles. The van der Waals surface area contributed by atoms with Crippen LogP contribution >= 0.6 is 0 Å². The first kappa shape index (κ1) is 16.0. The summed E-state index contributed by atoms with van der Waals surface area (Å²) in [6.45, 7) is 3.69. The maximum Gasteiger partial charge on any atom is 0.226 e. The zero-order chi connectivity index (χ0) is 17.1. The number of oxazole rings is 1. The van der Waals surface area contributed by atoms with Gasteiger partial charge in [0.25, 0.3) is 0 Å². The molecule has 0 bridgehead atoms. The predicted octanol–water partition coefficient (Wildman–Crippen LogP) is 2.98. The van der Waals surface area contributed by atoms with Gasteiger partial charge in [0.05, 0.1) is 5.69 Å². The molecular formula is C18H20FN5O. The molecule has 6 nitrogen and oxygen atoms in total. The van der Waals surface area contributed by atoms with Crippen molar-refractivity contribution in [3.8, 4) is 11.5 Å². The first-order valence-corrected chi connectivity index (χ1v) is 8.51. The van der Waals surface area contributed by atoms with Gasteiger partial charge in [-0.2, -0.15) is 5.10 Å². The maximum absolute atomic E-state index is 13.3. The molecule has 0 aliphatic carbocycles. The van der Waals surface area contributed by atoms with Crippen LogP contribution in [0.3, 0.4) is 0 Å². The zero-order valence-electron chi connectivity index (χ0n) is 13.9. The molecule has 4 rings (SSSR count). The Morgan fingerprint density at radius 2 is 2.28 bits per heavy atom. The molecule has 2 aromatic heterocycles. The third-order valence-electron chi connectivity index (χ3n) is 4.52. The normalized spacial score (nSPS) is 18.5. The van der Waals surface area contributed by atoms with E-state index in [-0.39, 0.29) is 5.82 Å². The van der Waals surface area contributed by atoms with Crippen LogP contribution in [-0.4, -0.2) is 37.7 Å². The molecule has 0 spiro atoms. The molecule has 1 atom stereocenters. The maximum atomic E-state index is 13.3. The van der Waals surface area contributed by atoms with Gasteiger partial charge < -0.3 is 4.42 Å². The largest absolute Gasteiger partial charge is 0.444 e. The highest BCUT2D eigenvalue weighted by atomic mass is 19.1. The first-order valence-electron chi connectivity index (χ1n) is 8.51. The Kier molecular flexibility index (Phi) is 4.56. The number of aromatic nitrogens is 4. The average molecular weight is 341 g/mol. The van der Waals surface area contributed by atoms with E-state index in [0.717, 1.165) is 38.3 Å². The van der Waals surface area contributed by atoms with Crippen molar-refractivity contribution in [1.29, 1.82) is 0 Å². The molecule has 1 fully saturated rings. The van der Waals surface area contributed by atoms with E-state index in [9.17, 15) is 4.39 Å². The lowest BCUT2D eigenvalue weighted by atomic mass is 9.98. The molecule has 1 aliphatic heterocycles. The lowest BCUT2D eigenvalue weighted by Gasteiger charge is -2.31. The van der Waals surface area contributed by atoms with Crippen LogP contribution in [0.4, 0.5) is 4.39 Å². The van der Waals surface area contributed by atoms with E-state index in [1.54, 1.807) is 31.1 Å². The summed E-state index contributed by atoms with van der Waals surface area (Å²) in [6.07, 6.45) is 7.37. The summed E-state index contributed by atoms with van der Waals surface area (Å²) in [5.74, 6) is 0.736. The van der Waals surface area contributed by atoms with E-state index in [4.69, 9.17) is 4.42 Å². The van der Waals surface area contributed by atoms with E-state index in [2.05, 4.69) is 20.0 Å². The topological polar surface area (TPSA) is 60.0 Å². The summed E-state index contributed by atoms with van der Waals surface area (Å²) >= 11 is 0. The summed E-state index contributed by atoms with van der Waals surface area (Å²) in [5.41, 5.74) is 1.54. The van der Waals surface area contributed by atoms with Crippen molar-refractivity contribution in [2.75, 3.05) is 13.1 Å². The summed E-state index contributed by atoms with van der Waals surface area (Å²) in [7, 11) is 0. The molecule has 0 unspecified atom stereocenters. The molecule has 1 aromatic carbocycles. The van der Waals surface area contributed by atoms with Crippen molar-refractivity contribution in [2.45, 2.75) is 25.9 Å². The Labute approximate surface area is 145 Å². The van der Waals surface area contributed by atoms with Crippen LogP contribution in [-0.2, 0) is 13.1 Å². The van der Waals surface area contributed by atoms with Crippen LogP contribution in [0, 0.1) is 11.7 Å². The van der Waals surface area contributed by atoms with E-state index in [1.165, 1.54) is 18.6 Å². The van der Waals surface area contributed by atoms with Crippen LogP contribution in [0.2, 0.25) is 0 Å². The summed E-state index contributed by atoms with van der Waals surface area (Å²) < 4.78 is 20.8. The Morgan fingerprint density at radius 3 is 3.12 bits per heavy atom. The minimum Gasteiger partial charge on any atom is -0.444 e. The number of hydrogen-bond acceptors (Lipinski definition) is 5. The van der Waals surface area contributed by atoms with Gasteiger partial charge in [-0.05, 0) is 43.5 Å². The van der Waals surface area contributed by atoms with Gasteiger partial charge in [0.15, 0.2) is 0 Å². The predicted molar refractivity (Wildman–Crippen MR) is 89.9 cm³/mol. The van der Waals surface area contributed by atoms with Gasteiger partial charge in [0.1, 0.15) is 24.7 Å². The highest BCUT2D eigenvalue weighted by Gasteiger charge is 2.21. The minimum atomic E-state index is -0.288. The minimum absolute atomic E-state index is 0.288. The van der Waals surface area contributed by atoms with E-state index in [0.29, 0.717) is 17.4 Å². The van der Waals surface area contributed by atoms with Crippen molar-refractivity contribution in [1.82, 2.24) is 24.6 Å². The van der Waals surface area contributed by atoms with Crippen molar-refractivity contribution < 1.29 is 8.81 Å². The third kappa shape index (κ3) is 3.93. The number of likely N-dealkylation sites (tertiary alicyclic amines) is 1. The van der Waals surface area contributed by atoms with Gasteiger partial charge in [-0.3, -0.25) is 9.58 Å². The van der Waals surface area contributed by atoms with Gasteiger partial charge in [-0.15, -0.1) is 0 Å². The van der Waals surface area contributed by atoms with Crippen LogP contribution in [0.1, 0.15) is 18.5 Å². The fourth-order valence-electron chi connectivity index (χ4n) is 3.40. The third-order valence-corrected chi connectivity index (χ3v) is 4.52. The molecule has 0 amide bonds. The van der Waals surface area contributed by atoms with Crippen LogP contribution < -0.4 is 0 Å². The molecule has 1 aliphatic rings. The second-order valence-electron chi connectivity index (χ2n) is 6.52. The van der Waals surface area contributed by atoms with Gasteiger partial charge >= 0.3 is 0 Å². The van der Waals surface area contributed by atoms with Crippen LogP contribution in [0.25, 0.3) is 11.5 Å². The van der Waals surface area contributed by atoms with E-state index >= 15 is 0 Å². The second-order valence-corrected chi connectivity index (χ2v) is 6.52. The van der Waals surface area contributed by atoms with Crippen molar-refractivity contribution in [2.24, 2.45) is 5.92 Å². The summed E-state index contributed by atoms with van der Waals surface area (Å²) in [6, 6.07) is 6.31. The number of benzene rings is 1.